The quantitative estimate of drug-likeness (QED) is 0.0241. The molecule has 3 aliphatic carbocycles. The number of amides is 4. The van der Waals surface area contributed by atoms with Crippen LogP contribution >= 0.6 is 0 Å². The third-order valence-corrected chi connectivity index (χ3v) is 17.3. The number of nitro benzene ring substituents is 1. The van der Waals surface area contributed by atoms with Crippen molar-refractivity contribution in [1.82, 2.24) is 25.4 Å². The van der Waals surface area contributed by atoms with Crippen LogP contribution in [0.4, 0.5) is 10.5 Å². The molecule has 5 aromatic carbocycles. The summed E-state index contributed by atoms with van der Waals surface area (Å²) in [7, 11) is 1.79. The number of ether oxygens (including phenoxy) is 1. The number of benzene rings is 5. The van der Waals surface area contributed by atoms with Gasteiger partial charge >= 0.3 is 12.1 Å². The molecule has 4 aliphatic rings. The first-order chi connectivity index (χ1) is 38.6. The molecule has 1 heterocycles. The fraction of sp³-hybridized carbons (Fsp3) is 0.438. The van der Waals surface area contributed by atoms with Crippen molar-refractivity contribution in [1.29, 1.82) is 0 Å². The summed E-state index contributed by atoms with van der Waals surface area (Å²) in [5.74, 6) is 3.43. The van der Waals surface area contributed by atoms with Gasteiger partial charge in [-0.1, -0.05) is 51.1 Å². The fourth-order valence-electron chi connectivity index (χ4n) is 13.5. The maximum atomic E-state index is 14.9. The Morgan fingerprint density at radius 3 is 2.37 bits per heavy atom. The topological polar surface area (TPSA) is 236 Å². The predicted octanol–water partition coefficient (Wildman–Crippen LogP) is 8.55. The molecule has 0 spiro atoms. The van der Waals surface area contributed by atoms with Gasteiger partial charge in [0.05, 0.1) is 10.5 Å². The summed E-state index contributed by atoms with van der Waals surface area (Å²) in [6, 6.07) is 23.6. The van der Waals surface area contributed by atoms with Crippen molar-refractivity contribution in [2.75, 3.05) is 33.2 Å². The molecule has 0 radical (unpaired) electrons. The van der Waals surface area contributed by atoms with Gasteiger partial charge in [-0.05, 0) is 183 Å². The largest absolute Gasteiger partial charge is 0.507 e. The number of fused-ring (bicyclic) bond motifs is 4. The van der Waals surface area contributed by atoms with E-state index in [1.54, 1.807) is 23.6 Å². The molecule has 0 fully saturated rings. The second-order valence-corrected chi connectivity index (χ2v) is 23.5. The summed E-state index contributed by atoms with van der Waals surface area (Å²) >= 11 is 0. The van der Waals surface area contributed by atoms with Crippen LogP contribution in [0.5, 0.6) is 5.75 Å². The van der Waals surface area contributed by atoms with Crippen LogP contribution in [0.15, 0.2) is 78.9 Å². The second-order valence-electron chi connectivity index (χ2n) is 23.5. The van der Waals surface area contributed by atoms with E-state index < -0.39 is 34.7 Å². The SMILES string of the molecule is CC[N+]1=c2cc3c(cc2C(C)CC1(C)C)=C(c1ccccc1C(=O)N(C)CCCC(=O)NCc1ccc(C(C)OC(=O)NCCCNC(=O)c2ccc(C(=O)ON)c(O)c2)c([N+](=O)[O-])c1)c1cc2c4c(c1C3(C)C)CCCC4CCC2. The van der Waals surface area contributed by atoms with Crippen molar-refractivity contribution in [3.05, 3.63) is 172 Å². The Balaban J connectivity index is 0.847. The van der Waals surface area contributed by atoms with Crippen LogP contribution in [0.3, 0.4) is 0 Å². The molecule has 9 rings (SSSR count). The number of nitrogens with zero attached hydrogens (tertiary/aromatic N) is 3. The number of carbonyl (C=O) groups is 5. The van der Waals surface area contributed by atoms with Gasteiger partial charge in [-0.15, -0.1) is 0 Å². The number of phenolic OH excluding ortho intramolecular Hbond substituents is 1. The summed E-state index contributed by atoms with van der Waals surface area (Å²) < 4.78 is 8.04. The van der Waals surface area contributed by atoms with Crippen LogP contribution in [0.1, 0.15) is 204 Å². The fourth-order valence-corrected chi connectivity index (χ4v) is 13.5. The number of hydrogen-bond donors (Lipinski definition) is 5. The molecule has 426 valence electrons. The Hall–Kier alpha value is -7.92. The number of nitrogens with one attached hydrogen (secondary N) is 3. The molecule has 4 amide bonds. The van der Waals surface area contributed by atoms with Gasteiger partial charge in [0, 0.05) is 80.3 Å². The molecule has 3 unspecified atom stereocenters. The monoisotopic (exact) mass is 1100 g/mol. The first kappa shape index (κ1) is 57.8. The van der Waals surface area contributed by atoms with Crippen molar-refractivity contribution in [2.24, 2.45) is 5.90 Å². The minimum Gasteiger partial charge on any atom is -0.507 e. The Morgan fingerprint density at radius 2 is 1.64 bits per heavy atom. The number of nitro groups is 1. The van der Waals surface area contributed by atoms with Crippen LogP contribution in [0, 0.1) is 10.1 Å². The molecular formula is C64H76N7O10+. The molecule has 81 heavy (non-hydrogen) atoms. The zero-order valence-corrected chi connectivity index (χ0v) is 47.9. The maximum Gasteiger partial charge on any atom is 0.407 e. The minimum atomic E-state index is -1.01. The molecular weight excluding hydrogens is 1030 g/mol. The van der Waals surface area contributed by atoms with Gasteiger partial charge in [-0.25, -0.2) is 14.2 Å². The molecule has 5 aromatic rings. The first-order valence-corrected chi connectivity index (χ1v) is 28.5. The van der Waals surface area contributed by atoms with Crippen LogP contribution in [0.25, 0.3) is 5.57 Å². The molecule has 0 aromatic heterocycles. The Morgan fingerprint density at radius 1 is 0.901 bits per heavy atom. The lowest BCUT2D eigenvalue weighted by molar-refractivity contribution is -0.386. The average molecular weight is 1100 g/mol. The number of hydrogen-bond acceptors (Lipinski definition) is 11. The number of aryl methyl sites for hydroxylation is 1. The molecule has 0 bridgehead atoms. The van der Waals surface area contributed by atoms with Crippen molar-refractivity contribution < 1.29 is 43.6 Å². The lowest BCUT2D eigenvalue weighted by Crippen LogP contribution is -2.53. The molecule has 3 atom stereocenters. The van der Waals surface area contributed by atoms with E-state index in [4.69, 9.17) is 10.6 Å². The van der Waals surface area contributed by atoms with Crippen LogP contribution < -0.4 is 37.0 Å². The normalized spacial score (nSPS) is 17.5. The van der Waals surface area contributed by atoms with Crippen molar-refractivity contribution in [3.8, 4) is 5.75 Å². The van der Waals surface area contributed by atoms with Crippen molar-refractivity contribution in [3.63, 3.8) is 0 Å². The number of carbonyl (C=O) groups excluding carboxylic acids is 5. The molecule has 17 heteroatoms. The standard InChI is InChI=1S/C64H75N7O10/c1-9-70-52-34-51-49(33-48(52)37(2)35-63(70,4)5)57(50-31-41-18-12-16-40-17-13-21-47(56(40)41)58(50)64(51,6)7)44-19-10-11-20-45(44)60(75)69(8)29-14-22-55(73)68-36-39-23-25-43(53(30-39)71(78)79)38(3)80-62(77)67-28-15-27-66-59(74)42-24-26-46(54(72)32-42)61(76)81-65/h10-11,19-20,23-26,30-34,37-38,40H,9,12-18,21-22,27-29,35-36,65H2,1-8H3,(H3-,66,67,68,72,73,74,76,77)/p+1. The molecule has 0 saturated carbocycles. The average Bonchev–Trinajstić information content (AvgIpc) is 3.24. The first-order valence-electron chi connectivity index (χ1n) is 28.5. The predicted molar refractivity (Wildman–Crippen MR) is 309 cm³/mol. The van der Waals surface area contributed by atoms with Crippen LogP contribution in [-0.2, 0) is 39.2 Å². The van der Waals surface area contributed by atoms with Gasteiger partial charge in [-0.2, -0.15) is 5.90 Å². The van der Waals surface area contributed by atoms with Gasteiger partial charge in [0.1, 0.15) is 24.0 Å². The van der Waals surface area contributed by atoms with E-state index in [1.807, 2.05) is 18.2 Å². The van der Waals surface area contributed by atoms with Crippen LogP contribution in [0.2, 0.25) is 0 Å². The highest BCUT2D eigenvalue weighted by Crippen LogP contribution is 2.51. The summed E-state index contributed by atoms with van der Waals surface area (Å²) in [5, 5.41) is 32.8. The lowest BCUT2D eigenvalue weighted by atomic mass is 9.61. The Kier molecular flexibility index (Phi) is 16.9. The van der Waals surface area contributed by atoms with Crippen molar-refractivity contribution in [2.45, 2.75) is 148 Å². The van der Waals surface area contributed by atoms with E-state index in [0.29, 0.717) is 42.3 Å². The Labute approximate surface area is 473 Å². The number of nitrogens with two attached hydrogens (primary N) is 1. The second kappa shape index (κ2) is 23.7. The smallest absolute Gasteiger partial charge is 0.407 e. The van der Waals surface area contributed by atoms with Gasteiger partial charge in [0.15, 0.2) is 5.54 Å². The molecule has 6 N–H and O–H groups in total. The van der Waals surface area contributed by atoms with Crippen LogP contribution in [-0.4, -0.2) is 83.5 Å². The van der Waals surface area contributed by atoms with Gasteiger partial charge in [-0.3, -0.25) is 24.5 Å². The van der Waals surface area contributed by atoms with E-state index in [2.05, 4.69) is 91.2 Å². The minimum absolute atomic E-state index is 0.00598. The number of alkyl carbamates (subject to hydrolysis) is 1. The van der Waals surface area contributed by atoms with E-state index in [9.17, 15) is 39.2 Å². The summed E-state index contributed by atoms with van der Waals surface area (Å²) in [6.45, 7) is 17.2. The molecule has 17 nitrogen and oxygen atoms in total. The number of phenols is 1. The summed E-state index contributed by atoms with van der Waals surface area (Å²) in [6.07, 6.45) is 7.01. The highest BCUT2D eigenvalue weighted by molar-refractivity contribution is 6.02. The number of rotatable bonds is 18. The highest BCUT2D eigenvalue weighted by atomic mass is 16.7. The van der Waals surface area contributed by atoms with E-state index in [-0.39, 0.29) is 71.2 Å². The third kappa shape index (κ3) is 11.5. The maximum absolute atomic E-state index is 14.9. The third-order valence-electron chi connectivity index (χ3n) is 17.3. The van der Waals surface area contributed by atoms with Gasteiger partial charge in [0.2, 0.25) is 11.3 Å². The summed E-state index contributed by atoms with van der Waals surface area (Å²) in [5.41, 5.74) is 12.5. The Bertz CT molecular complexity index is 3490. The van der Waals surface area contributed by atoms with Gasteiger partial charge < -0.3 is 35.5 Å². The lowest BCUT2D eigenvalue weighted by Gasteiger charge is -2.42. The number of aromatic hydroxyl groups is 1. The summed E-state index contributed by atoms with van der Waals surface area (Å²) in [4.78, 5) is 82.4. The highest BCUT2D eigenvalue weighted by Gasteiger charge is 2.43. The molecule has 1 aliphatic heterocycles. The van der Waals surface area contributed by atoms with Gasteiger partial charge in [0.25, 0.3) is 17.5 Å². The zero-order valence-electron chi connectivity index (χ0n) is 47.9. The zero-order chi connectivity index (χ0) is 58.1. The van der Waals surface area contributed by atoms with Crippen molar-refractivity contribution >= 4 is 41.0 Å². The van der Waals surface area contributed by atoms with E-state index in [0.717, 1.165) is 43.0 Å². The van der Waals surface area contributed by atoms with E-state index >= 15 is 0 Å². The molecule has 0 saturated heterocycles. The van der Waals surface area contributed by atoms with E-state index in [1.165, 1.54) is 101 Å².